The summed E-state index contributed by atoms with van der Waals surface area (Å²) in [6, 6.07) is 0.998. The SMILES string of the molecule is O=C(CO)NNc1c(I)cc(I)c(C(=O)NC(CO)CO)c1I. The molecule has 2 amide bonds. The van der Waals surface area contributed by atoms with Crippen LogP contribution in [0.2, 0.25) is 0 Å². The van der Waals surface area contributed by atoms with Crippen LogP contribution in [0.3, 0.4) is 0 Å². The van der Waals surface area contributed by atoms with Crippen molar-refractivity contribution >= 4 is 85.3 Å². The Hall–Kier alpha value is 0.0300. The number of rotatable bonds is 7. The minimum atomic E-state index is -0.751. The Balaban J connectivity index is 3.12. The number of benzene rings is 1. The van der Waals surface area contributed by atoms with Gasteiger partial charge in [-0.05, 0) is 73.8 Å². The topological polar surface area (TPSA) is 131 Å². The summed E-state index contributed by atoms with van der Waals surface area (Å²) in [6.07, 6.45) is 0. The Morgan fingerprint density at radius 1 is 1.09 bits per heavy atom. The molecule has 0 aromatic heterocycles. The van der Waals surface area contributed by atoms with Gasteiger partial charge in [0.2, 0.25) is 0 Å². The summed E-state index contributed by atoms with van der Waals surface area (Å²) in [6.45, 7) is -1.42. The third kappa shape index (κ3) is 5.80. The second-order valence-corrected chi connectivity index (χ2v) is 7.67. The number of aliphatic hydroxyl groups excluding tert-OH is 3. The van der Waals surface area contributed by atoms with Crippen molar-refractivity contribution in [1.82, 2.24) is 10.7 Å². The largest absolute Gasteiger partial charge is 0.394 e. The Morgan fingerprint density at radius 3 is 2.22 bits per heavy atom. The van der Waals surface area contributed by atoms with E-state index in [1.807, 2.05) is 45.2 Å². The van der Waals surface area contributed by atoms with Gasteiger partial charge in [0.1, 0.15) is 6.61 Å². The predicted octanol–water partition coefficient (Wildman–Crippen LogP) is 0.0188. The van der Waals surface area contributed by atoms with Crippen molar-refractivity contribution < 1.29 is 24.9 Å². The van der Waals surface area contributed by atoms with E-state index >= 15 is 0 Å². The van der Waals surface area contributed by atoms with E-state index in [2.05, 4.69) is 38.8 Å². The van der Waals surface area contributed by atoms with E-state index in [0.29, 0.717) is 18.4 Å². The summed E-state index contributed by atoms with van der Waals surface area (Å²) < 4.78 is 2.01. The average Bonchev–Trinajstić information content (AvgIpc) is 2.51. The van der Waals surface area contributed by atoms with Gasteiger partial charge in [-0.25, -0.2) is 0 Å². The lowest BCUT2D eigenvalue weighted by molar-refractivity contribution is -0.123. The molecule has 0 fully saturated rings. The Labute approximate surface area is 173 Å². The minimum absolute atomic E-state index is 0.360. The zero-order chi connectivity index (χ0) is 17.6. The summed E-state index contributed by atoms with van der Waals surface area (Å²) in [5.41, 5.74) is 5.87. The maximum Gasteiger partial charge on any atom is 0.263 e. The Bertz CT molecular complexity index is 596. The van der Waals surface area contributed by atoms with Crippen molar-refractivity contribution in [1.29, 1.82) is 0 Å². The van der Waals surface area contributed by atoms with Gasteiger partial charge in [0, 0.05) is 7.14 Å². The number of nitrogens with one attached hydrogen (secondary N) is 3. The molecular formula is C12H14I3N3O5. The van der Waals surface area contributed by atoms with E-state index in [9.17, 15) is 9.59 Å². The number of hydrogen-bond donors (Lipinski definition) is 6. The number of aliphatic hydroxyl groups is 3. The van der Waals surface area contributed by atoms with Gasteiger partial charge >= 0.3 is 0 Å². The van der Waals surface area contributed by atoms with Gasteiger partial charge in [-0.2, -0.15) is 0 Å². The van der Waals surface area contributed by atoms with Crippen molar-refractivity contribution in [3.8, 4) is 0 Å². The van der Waals surface area contributed by atoms with Crippen LogP contribution in [0.25, 0.3) is 0 Å². The molecule has 0 unspecified atom stereocenters. The molecule has 0 bridgehead atoms. The highest BCUT2D eigenvalue weighted by Gasteiger charge is 2.22. The van der Waals surface area contributed by atoms with Crippen molar-refractivity contribution in [3.05, 3.63) is 22.3 Å². The van der Waals surface area contributed by atoms with Crippen LogP contribution < -0.4 is 16.2 Å². The molecule has 0 radical (unpaired) electrons. The van der Waals surface area contributed by atoms with Gasteiger partial charge in [-0.1, -0.05) is 0 Å². The van der Waals surface area contributed by atoms with Crippen LogP contribution in [0.4, 0.5) is 5.69 Å². The Kier molecular flexibility index (Phi) is 9.27. The first-order valence-electron chi connectivity index (χ1n) is 6.21. The predicted molar refractivity (Wildman–Crippen MR) is 109 cm³/mol. The molecule has 11 heteroatoms. The van der Waals surface area contributed by atoms with E-state index in [1.54, 1.807) is 6.07 Å². The molecule has 0 aliphatic carbocycles. The molecule has 0 saturated heterocycles. The van der Waals surface area contributed by atoms with Gasteiger partial charge in [-0.3, -0.25) is 20.4 Å². The van der Waals surface area contributed by atoms with Crippen LogP contribution in [0.5, 0.6) is 0 Å². The summed E-state index contributed by atoms with van der Waals surface area (Å²) in [4.78, 5) is 23.5. The lowest BCUT2D eigenvalue weighted by Gasteiger charge is -2.18. The van der Waals surface area contributed by atoms with Gasteiger partial charge in [0.05, 0.1) is 34.1 Å². The van der Waals surface area contributed by atoms with E-state index in [4.69, 9.17) is 15.3 Å². The fourth-order valence-corrected chi connectivity index (χ4v) is 5.62. The van der Waals surface area contributed by atoms with Crippen LogP contribution in [-0.4, -0.2) is 53.0 Å². The number of carbonyl (C=O) groups excluding carboxylic acids is 2. The first kappa shape index (κ1) is 21.1. The number of amides is 2. The number of halogens is 3. The lowest BCUT2D eigenvalue weighted by atomic mass is 10.1. The Morgan fingerprint density at radius 2 is 1.70 bits per heavy atom. The summed E-state index contributed by atoms with van der Waals surface area (Å²) >= 11 is 6.03. The second kappa shape index (κ2) is 10.1. The smallest absolute Gasteiger partial charge is 0.263 e. The van der Waals surface area contributed by atoms with E-state index < -0.39 is 24.5 Å². The van der Waals surface area contributed by atoms with Gasteiger partial charge < -0.3 is 20.6 Å². The van der Waals surface area contributed by atoms with Gasteiger partial charge in [0.15, 0.2) is 0 Å². The molecule has 0 spiro atoms. The standard InChI is InChI=1S/C12H14I3N3O5/c13-6-1-7(14)11(18-17-8(22)4-21)10(15)9(6)12(23)16-5(2-19)3-20/h1,5,18-21H,2-4H2,(H,16,23)(H,17,22). The monoisotopic (exact) mass is 661 g/mol. The second-order valence-electron chi connectivity index (χ2n) is 4.27. The van der Waals surface area contributed by atoms with Gasteiger partial charge in [-0.15, -0.1) is 0 Å². The minimum Gasteiger partial charge on any atom is -0.394 e. The van der Waals surface area contributed by atoms with E-state index in [-0.39, 0.29) is 13.2 Å². The number of carbonyl (C=O) groups is 2. The summed E-state index contributed by atoms with van der Waals surface area (Å²) in [7, 11) is 0. The average molecular weight is 661 g/mol. The van der Waals surface area contributed by atoms with Crippen molar-refractivity contribution in [2.75, 3.05) is 25.2 Å². The van der Waals surface area contributed by atoms with Gasteiger partial charge in [0.25, 0.3) is 11.8 Å². The maximum absolute atomic E-state index is 12.4. The van der Waals surface area contributed by atoms with Crippen LogP contribution in [0.15, 0.2) is 6.07 Å². The maximum atomic E-state index is 12.4. The zero-order valence-electron chi connectivity index (χ0n) is 11.6. The van der Waals surface area contributed by atoms with Crippen LogP contribution in [-0.2, 0) is 4.79 Å². The van der Waals surface area contributed by atoms with Crippen molar-refractivity contribution in [3.63, 3.8) is 0 Å². The molecule has 1 rings (SSSR count). The van der Waals surface area contributed by atoms with Crippen LogP contribution in [0.1, 0.15) is 10.4 Å². The molecule has 0 saturated carbocycles. The third-order valence-corrected chi connectivity index (χ3v) is 5.42. The van der Waals surface area contributed by atoms with Crippen LogP contribution in [0, 0.1) is 10.7 Å². The molecule has 0 atom stereocenters. The molecule has 1 aromatic carbocycles. The van der Waals surface area contributed by atoms with Crippen LogP contribution >= 0.6 is 67.8 Å². The molecule has 8 nitrogen and oxygen atoms in total. The molecule has 1 aromatic rings. The van der Waals surface area contributed by atoms with Crippen molar-refractivity contribution in [2.24, 2.45) is 0 Å². The highest BCUT2D eigenvalue weighted by molar-refractivity contribution is 14.1. The lowest BCUT2D eigenvalue weighted by Crippen LogP contribution is -2.41. The number of anilines is 1. The number of hydrogen-bond acceptors (Lipinski definition) is 6. The molecule has 128 valence electrons. The van der Waals surface area contributed by atoms with E-state index in [1.165, 1.54) is 0 Å². The highest BCUT2D eigenvalue weighted by Crippen LogP contribution is 2.31. The fraction of sp³-hybridized carbons (Fsp3) is 0.333. The first-order chi connectivity index (χ1) is 10.8. The van der Waals surface area contributed by atoms with E-state index in [0.717, 1.165) is 3.57 Å². The third-order valence-electron chi connectivity index (χ3n) is 2.64. The molecule has 0 aliphatic heterocycles. The molecular weight excluding hydrogens is 647 g/mol. The summed E-state index contributed by atoms with van der Waals surface area (Å²) in [5, 5.41) is 29.4. The molecule has 0 aliphatic rings. The number of hydrazine groups is 1. The zero-order valence-corrected chi connectivity index (χ0v) is 18.0. The normalized spacial score (nSPS) is 10.6. The molecule has 6 N–H and O–H groups in total. The molecule has 23 heavy (non-hydrogen) atoms. The fourth-order valence-electron chi connectivity index (χ4n) is 1.49. The highest BCUT2D eigenvalue weighted by atomic mass is 127. The summed E-state index contributed by atoms with van der Waals surface area (Å²) in [5.74, 6) is -1.05. The van der Waals surface area contributed by atoms with Crippen molar-refractivity contribution in [2.45, 2.75) is 6.04 Å². The molecule has 0 heterocycles. The quantitative estimate of drug-likeness (QED) is 0.181. The first-order valence-corrected chi connectivity index (χ1v) is 9.45.